The molecule has 1 aliphatic rings. The lowest BCUT2D eigenvalue weighted by atomic mass is 9.94. The minimum Gasteiger partial charge on any atom is -0.399 e. The minimum atomic E-state index is -3.95. The van der Waals surface area contributed by atoms with E-state index in [1.54, 1.807) is 6.92 Å². The van der Waals surface area contributed by atoms with Gasteiger partial charge in [0.05, 0.1) is 0 Å². The van der Waals surface area contributed by atoms with E-state index in [0.717, 1.165) is 6.07 Å². The number of sulfonamides is 1. The highest BCUT2D eigenvalue weighted by atomic mass is 32.2. The summed E-state index contributed by atoms with van der Waals surface area (Å²) in [6.07, 6.45) is 1.10. The summed E-state index contributed by atoms with van der Waals surface area (Å²) in [5.41, 5.74) is 5.42. The number of aryl methyl sites for hydroxylation is 1. The van der Waals surface area contributed by atoms with Crippen LogP contribution in [-0.2, 0) is 14.8 Å². The van der Waals surface area contributed by atoms with Crippen LogP contribution in [0.4, 0.5) is 10.1 Å². The maximum atomic E-state index is 14.1. The lowest BCUT2D eigenvalue weighted by Crippen LogP contribution is -2.49. The van der Waals surface area contributed by atoms with Gasteiger partial charge >= 0.3 is 0 Å². The van der Waals surface area contributed by atoms with Crippen molar-refractivity contribution in [3.8, 4) is 0 Å². The second-order valence-electron chi connectivity index (χ2n) is 5.43. The van der Waals surface area contributed by atoms with Crippen molar-refractivity contribution >= 4 is 15.7 Å². The first-order valence-corrected chi connectivity index (χ1v) is 7.89. The van der Waals surface area contributed by atoms with Crippen molar-refractivity contribution in [2.45, 2.75) is 37.1 Å². The number of halogens is 1. The summed E-state index contributed by atoms with van der Waals surface area (Å²) in [6, 6.07) is 2.55. The largest absolute Gasteiger partial charge is 0.399 e. The first-order chi connectivity index (χ1) is 9.23. The zero-order chi connectivity index (χ0) is 15.0. The Bertz CT molecular complexity index is 610. The fraction of sp³-hybridized carbons (Fsp3) is 0.538. The molecule has 2 rings (SSSR count). The van der Waals surface area contributed by atoms with Gasteiger partial charge in [0.1, 0.15) is 10.7 Å². The van der Waals surface area contributed by atoms with Crippen molar-refractivity contribution in [2.75, 3.05) is 18.9 Å². The number of hydrogen-bond donors (Lipinski definition) is 2. The molecule has 1 aromatic rings. The molecule has 1 aromatic carbocycles. The second-order valence-corrected chi connectivity index (χ2v) is 7.08. The third-order valence-corrected chi connectivity index (χ3v) is 5.15. The van der Waals surface area contributed by atoms with Gasteiger partial charge in [-0.1, -0.05) is 0 Å². The number of ether oxygens (including phenoxy) is 1. The maximum absolute atomic E-state index is 14.1. The molecule has 0 bridgehead atoms. The number of nitrogens with two attached hydrogens (primary N) is 1. The minimum absolute atomic E-state index is 0.211. The topological polar surface area (TPSA) is 81.4 Å². The van der Waals surface area contributed by atoms with Crippen molar-refractivity contribution in [3.05, 3.63) is 23.5 Å². The Kier molecular flexibility index (Phi) is 4.04. The van der Waals surface area contributed by atoms with E-state index in [1.807, 2.05) is 0 Å². The molecule has 0 spiro atoms. The Hall–Kier alpha value is -1.18. The van der Waals surface area contributed by atoms with Gasteiger partial charge in [-0.15, -0.1) is 0 Å². The van der Waals surface area contributed by atoms with Gasteiger partial charge in [-0.05, 0) is 44.4 Å². The Labute approximate surface area is 118 Å². The van der Waals surface area contributed by atoms with Gasteiger partial charge in [0.15, 0.2) is 0 Å². The molecule has 0 atom stereocenters. The predicted octanol–water partition coefficient (Wildman–Crippen LogP) is 1.56. The van der Waals surface area contributed by atoms with Crippen molar-refractivity contribution in [1.29, 1.82) is 0 Å². The third-order valence-electron chi connectivity index (χ3n) is 3.51. The number of benzene rings is 1. The average Bonchev–Trinajstić information content (AvgIpc) is 2.33. The predicted molar refractivity (Wildman–Crippen MR) is 74.3 cm³/mol. The van der Waals surface area contributed by atoms with Crippen molar-refractivity contribution in [3.63, 3.8) is 0 Å². The van der Waals surface area contributed by atoms with Crippen molar-refractivity contribution < 1.29 is 17.5 Å². The molecule has 0 unspecified atom stereocenters. The Balaban J connectivity index is 2.36. The molecule has 1 aliphatic heterocycles. The van der Waals surface area contributed by atoms with E-state index in [-0.39, 0.29) is 11.3 Å². The quantitative estimate of drug-likeness (QED) is 0.830. The molecule has 0 saturated carbocycles. The van der Waals surface area contributed by atoms with Gasteiger partial charge in [-0.25, -0.2) is 17.5 Å². The highest BCUT2D eigenvalue weighted by Crippen LogP contribution is 2.26. The summed E-state index contributed by atoms with van der Waals surface area (Å²) in [7, 11) is -3.95. The summed E-state index contributed by atoms with van der Waals surface area (Å²) >= 11 is 0. The average molecular weight is 302 g/mol. The van der Waals surface area contributed by atoms with Crippen LogP contribution in [0.2, 0.25) is 0 Å². The molecule has 0 amide bonds. The van der Waals surface area contributed by atoms with E-state index in [1.165, 1.54) is 13.0 Å². The fourth-order valence-corrected chi connectivity index (χ4v) is 3.91. The zero-order valence-electron chi connectivity index (χ0n) is 11.6. The Morgan fingerprint density at radius 2 is 1.95 bits per heavy atom. The molecule has 0 radical (unpaired) electrons. The Morgan fingerprint density at radius 3 is 2.55 bits per heavy atom. The molecule has 5 nitrogen and oxygen atoms in total. The lowest BCUT2D eigenvalue weighted by Gasteiger charge is -2.34. The molecular formula is C13H19FN2O3S. The molecule has 1 heterocycles. The number of hydrogen-bond acceptors (Lipinski definition) is 4. The van der Waals surface area contributed by atoms with Gasteiger partial charge in [0.2, 0.25) is 10.0 Å². The summed E-state index contributed by atoms with van der Waals surface area (Å²) in [5, 5.41) is 0. The van der Waals surface area contributed by atoms with Gasteiger partial charge in [0.25, 0.3) is 0 Å². The SMILES string of the molecule is Cc1cc(N)cc(S(=O)(=O)NC2(C)CCOCC2)c1F. The standard InChI is InChI=1S/C13H19FN2O3S/c1-9-7-10(15)8-11(12(9)14)20(17,18)16-13(2)3-5-19-6-4-13/h7-8,16H,3-6,15H2,1-2H3. The normalized spacial score (nSPS) is 18.9. The zero-order valence-corrected chi connectivity index (χ0v) is 12.4. The lowest BCUT2D eigenvalue weighted by molar-refractivity contribution is 0.0537. The van der Waals surface area contributed by atoms with Crippen LogP contribution in [0.15, 0.2) is 17.0 Å². The van der Waals surface area contributed by atoms with Gasteiger partial charge in [-0.3, -0.25) is 0 Å². The Morgan fingerprint density at radius 1 is 1.35 bits per heavy atom. The van der Waals surface area contributed by atoms with E-state index in [0.29, 0.717) is 26.1 Å². The van der Waals surface area contributed by atoms with E-state index in [9.17, 15) is 12.8 Å². The molecule has 7 heteroatoms. The molecule has 0 aliphatic carbocycles. The van der Waals surface area contributed by atoms with Crippen LogP contribution in [0.3, 0.4) is 0 Å². The van der Waals surface area contributed by atoms with E-state index >= 15 is 0 Å². The van der Waals surface area contributed by atoms with Crippen LogP contribution in [0.1, 0.15) is 25.3 Å². The van der Waals surface area contributed by atoms with Crippen molar-refractivity contribution in [1.82, 2.24) is 4.72 Å². The molecular weight excluding hydrogens is 283 g/mol. The second kappa shape index (κ2) is 5.31. The highest BCUT2D eigenvalue weighted by molar-refractivity contribution is 7.89. The summed E-state index contributed by atoms with van der Waals surface area (Å²) in [5.74, 6) is -0.762. The molecule has 1 saturated heterocycles. The highest BCUT2D eigenvalue weighted by Gasteiger charge is 2.34. The van der Waals surface area contributed by atoms with Gasteiger partial charge < -0.3 is 10.5 Å². The van der Waals surface area contributed by atoms with Crippen molar-refractivity contribution in [2.24, 2.45) is 0 Å². The number of nitrogens with one attached hydrogen (secondary N) is 1. The maximum Gasteiger partial charge on any atom is 0.244 e. The third kappa shape index (κ3) is 3.11. The van der Waals surface area contributed by atoms with Crippen LogP contribution < -0.4 is 10.5 Å². The molecule has 1 fully saturated rings. The molecule has 0 aromatic heterocycles. The van der Waals surface area contributed by atoms with Crippen LogP contribution in [-0.4, -0.2) is 27.2 Å². The molecule has 20 heavy (non-hydrogen) atoms. The number of anilines is 1. The van der Waals surface area contributed by atoms with E-state index < -0.39 is 26.3 Å². The van der Waals surface area contributed by atoms with E-state index in [2.05, 4.69) is 4.72 Å². The van der Waals surface area contributed by atoms with Crippen LogP contribution in [0, 0.1) is 12.7 Å². The summed E-state index contributed by atoms with van der Waals surface area (Å²) in [6.45, 7) is 4.25. The molecule has 112 valence electrons. The molecule has 3 N–H and O–H groups in total. The monoisotopic (exact) mass is 302 g/mol. The van der Waals surface area contributed by atoms with Crippen LogP contribution in [0.5, 0.6) is 0 Å². The fourth-order valence-electron chi connectivity index (χ4n) is 2.26. The van der Waals surface area contributed by atoms with Gasteiger partial charge in [-0.2, -0.15) is 0 Å². The summed E-state index contributed by atoms with van der Waals surface area (Å²) in [4.78, 5) is -0.400. The van der Waals surface area contributed by atoms with Crippen LogP contribution >= 0.6 is 0 Å². The smallest absolute Gasteiger partial charge is 0.244 e. The number of rotatable bonds is 3. The van der Waals surface area contributed by atoms with Gasteiger partial charge in [0, 0.05) is 24.4 Å². The first kappa shape index (κ1) is 15.2. The summed E-state index contributed by atoms with van der Waals surface area (Å²) < 4.78 is 46.6. The number of nitrogen functional groups attached to an aromatic ring is 1. The first-order valence-electron chi connectivity index (χ1n) is 6.41. The van der Waals surface area contributed by atoms with Crippen LogP contribution in [0.25, 0.3) is 0 Å². The van der Waals surface area contributed by atoms with E-state index in [4.69, 9.17) is 10.5 Å².